The number of esters is 1. The molecule has 1 aliphatic carbocycles. The van der Waals surface area contributed by atoms with Crippen molar-refractivity contribution in [1.82, 2.24) is 0 Å². The summed E-state index contributed by atoms with van der Waals surface area (Å²) in [5, 5.41) is 2.81. The van der Waals surface area contributed by atoms with E-state index in [4.69, 9.17) is 4.74 Å². The van der Waals surface area contributed by atoms with E-state index in [-0.39, 0.29) is 36.9 Å². The molecule has 1 saturated carbocycles. The number of fused-ring (bicyclic) bond motifs is 1. The Labute approximate surface area is 147 Å². The number of ether oxygens (including phenoxy) is 1. The number of nitrogens with zero attached hydrogens (tertiary/aromatic N) is 1. The van der Waals surface area contributed by atoms with Gasteiger partial charge in [0.25, 0.3) is 5.91 Å². The summed E-state index contributed by atoms with van der Waals surface area (Å²) in [6, 6.07) is 6.87. The van der Waals surface area contributed by atoms with E-state index in [0.29, 0.717) is 23.7 Å². The highest BCUT2D eigenvalue weighted by Gasteiger charge is 2.30. The van der Waals surface area contributed by atoms with E-state index in [1.807, 2.05) is 13.0 Å². The Bertz CT molecular complexity index is 667. The van der Waals surface area contributed by atoms with Gasteiger partial charge in [-0.15, -0.1) is 0 Å². The normalized spacial score (nSPS) is 20.6. The highest BCUT2D eigenvalue weighted by atomic mass is 16.5. The standard InChI is InChI=1S/C19H24N2O4/c1-13-10-17(22)20-15-8-4-5-9-16(15)21(13)18(23)12-25-19(24)11-14-6-2-3-7-14/h4-5,8-9,13-14H,2-3,6-7,10-12H2,1H3,(H,20,22)/t13-/m0/s1. The Kier molecular flexibility index (Phi) is 5.36. The predicted octanol–water partition coefficient (Wildman–Crippen LogP) is 2.87. The van der Waals surface area contributed by atoms with Crippen LogP contribution in [0.5, 0.6) is 0 Å². The van der Waals surface area contributed by atoms with Crippen LogP contribution in [0.4, 0.5) is 11.4 Å². The van der Waals surface area contributed by atoms with Gasteiger partial charge < -0.3 is 15.0 Å². The van der Waals surface area contributed by atoms with Gasteiger partial charge in [-0.2, -0.15) is 0 Å². The van der Waals surface area contributed by atoms with E-state index in [0.717, 1.165) is 12.8 Å². The van der Waals surface area contributed by atoms with Crippen LogP contribution in [0.2, 0.25) is 0 Å². The van der Waals surface area contributed by atoms with Crippen molar-refractivity contribution in [2.75, 3.05) is 16.8 Å². The second kappa shape index (κ2) is 7.68. The molecule has 134 valence electrons. The third kappa shape index (κ3) is 4.18. The second-order valence-corrected chi connectivity index (χ2v) is 6.90. The first-order valence-corrected chi connectivity index (χ1v) is 8.91. The number of hydrogen-bond acceptors (Lipinski definition) is 4. The lowest BCUT2D eigenvalue weighted by molar-refractivity contribution is -0.148. The maximum Gasteiger partial charge on any atom is 0.306 e. The molecule has 0 aromatic heterocycles. The molecule has 0 saturated heterocycles. The van der Waals surface area contributed by atoms with Crippen molar-refractivity contribution in [3.63, 3.8) is 0 Å². The van der Waals surface area contributed by atoms with Crippen molar-refractivity contribution in [3.05, 3.63) is 24.3 Å². The zero-order valence-corrected chi connectivity index (χ0v) is 14.5. The van der Waals surface area contributed by atoms with Gasteiger partial charge in [-0.05, 0) is 37.8 Å². The van der Waals surface area contributed by atoms with Crippen molar-refractivity contribution in [2.45, 2.75) is 51.5 Å². The third-order valence-electron chi connectivity index (χ3n) is 4.91. The number of nitrogens with one attached hydrogen (secondary N) is 1. The van der Waals surface area contributed by atoms with E-state index in [2.05, 4.69) is 5.32 Å². The number of carbonyl (C=O) groups excluding carboxylic acids is 3. The summed E-state index contributed by atoms with van der Waals surface area (Å²) in [5.74, 6) is -0.364. The fraction of sp³-hybridized carbons (Fsp3) is 0.526. The van der Waals surface area contributed by atoms with Crippen LogP contribution in [-0.2, 0) is 19.1 Å². The number of hydrogen-bond donors (Lipinski definition) is 1. The molecule has 6 nitrogen and oxygen atoms in total. The van der Waals surface area contributed by atoms with E-state index in [9.17, 15) is 14.4 Å². The molecule has 3 rings (SSSR count). The molecule has 0 bridgehead atoms. The molecule has 2 amide bonds. The van der Waals surface area contributed by atoms with Crippen LogP contribution in [0.3, 0.4) is 0 Å². The molecular formula is C19H24N2O4. The van der Waals surface area contributed by atoms with Crippen LogP contribution in [0, 0.1) is 5.92 Å². The average molecular weight is 344 g/mol. The second-order valence-electron chi connectivity index (χ2n) is 6.90. The molecule has 1 aromatic carbocycles. The molecule has 2 aliphatic rings. The van der Waals surface area contributed by atoms with Crippen molar-refractivity contribution in [1.29, 1.82) is 0 Å². The summed E-state index contributed by atoms with van der Waals surface area (Å²) in [4.78, 5) is 38.2. The first-order valence-electron chi connectivity index (χ1n) is 8.91. The first kappa shape index (κ1) is 17.5. The lowest BCUT2D eigenvalue weighted by Crippen LogP contribution is -2.41. The van der Waals surface area contributed by atoms with E-state index >= 15 is 0 Å². The minimum atomic E-state index is -0.315. The topological polar surface area (TPSA) is 75.7 Å². The van der Waals surface area contributed by atoms with Crippen LogP contribution in [-0.4, -0.2) is 30.4 Å². The lowest BCUT2D eigenvalue weighted by atomic mass is 10.0. The molecule has 25 heavy (non-hydrogen) atoms. The first-order chi connectivity index (χ1) is 12.0. The summed E-state index contributed by atoms with van der Waals surface area (Å²) >= 11 is 0. The molecule has 1 N–H and O–H groups in total. The molecule has 1 atom stereocenters. The van der Waals surface area contributed by atoms with Gasteiger partial charge in [0.1, 0.15) is 0 Å². The number of rotatable bonds is 4. The fourth-order valence-corrected chi connectivity index (χ4v) is 3.69. The number of benzene rings is 1. The van der Waals surface area contributed by atoms with Crippen molar-refractivity contribution >= 4 is 29.2 Å². The molecule has 1 aliphatic heterocycles. The maximum atomic E-state index is 12.7. The molecule has 0 radical (unpaired) electrons. The summed E-state index contributed by atoms with van der Waals surface area (Å²) in [6.07, 6.45) is 5.05. The fourth-order valence-electron chi connectivity index (χ4n) is 3.69. The van der Waals surface area contributed by atoms with Gasteiger partial charge in [-0.1, -0.05) is 25.0 Å². The number of anilines is 2. The predicted molar refractivity (Wildman–Crippen MR) is 94.2 cm³/mol. The SMILES string of the molecule is C[C@H]1CC(=O)Nc2ccccc2N1C(=O)COC(=O)CC1CCCC1. The van der Waals surface area contributed by atoms with Crippen molar-refractivity contribution < 1.29 is 19.1 Å². The summed E-state index contributed by atoms with van der Waals surface area (Å²) < 4.78 is 5.21. The van der Waals surface area contributed by atoms with E-state index < -0.39 is 0 Å². The average Bonchev–Trinajstić information content (AvgIpc) is 3.03. The Hall–Kier alpha value is -2.37. The Morgan fingerprint density at radius 3 is 2.72 bits per heavy atom. The van der Waals surface area contributed by atoms with Gasteiger partial charge >= 0.3 is 5.97 Å². The summed E-state index contributed by atoms with van der Waals surface area (Å²) in [7, 11) is 0. The lowest BCUT2D eigenvalue weighted by Gasteiger charge is -2.27. The molecule has 1 fully saturated rings. The third-order valence-corrected chi connectivity index (χ3v) is 4.91. The summed E-state index contributed by atoms with van der Waals surface area (Å²) in [6.45, 7) is 1.53. The minimum Gasteiger partial charge on any atom is -0.456 e. The number of amides is 2. The Morgan fingerprint density at radius 2 is 1.96 bits per heavy atom. The summed E-state index contributed by atoms with van der Waals surface area (Å²) in [5.41, 5.74) is 1.24. The molecular weight excluding hydrogens is 320 g/mol. The molecule has 6 heteroatoms. The molecule has 0 spiro atoms. The quantitative estimate of drug-likeness (QED) is 0.852. The maximum absolute atomic E-state index is 12.7. The zero-order chi connectivity index (χ0) is 17.8. The van der Waals surface area contributed by atoms with Gasteiger partial charge in [0, 0.05) is 18.9 Å². The van der Waals surface area contributed by atoms with Crippen LogP contribution in [0.25, 0.3) is 0 Å². The van der Waals surface area contributed by atoms with E-state index in [1.165, 1.54) is 12.8 Å². The molecule has 0 unspecified atom stereocenters. The van der Waals surface area contributed by atoms with Crippen LogP contribution in [0.1, 0.15) is 45.4 Å². The smallest absolute Gasteiger partial charge is 0.306 e. The highest BCUT2D eigenvalue weighted by Crippen LogP contribution is 2.31. The van der Waals surface area contributed by atoms with Gasteiger partial charge in [0.15, 0.2) is 6.61 Å². The van der Waals surface area contributed by atoms with E-state index in [1.54, 1.807) is 23.1 Å². The minimum absolute atomic E-state index is 0.131. The van der Waals surface area contributed by atoms with Crippen molar-refractivity contribution in [2.24, 2.45) is 5.92 Å². The highest BCUT2D eigenvalue weighted by molar-refractivity contribution is 6.05. The number of para-hydroxylation sites is 2. The van der Waals surface area contributed by atoms with Gasteiger partial charge in [-0.3, -0.25) is 14.4 Å². The Balaban J connectivity index is 1.65. The van der Waals surface area contributed by atoms with Crippen LogP contribution >= 0.6 is 0 Å². The van der Waals surface area contributed by atoms with Gasteiger partial charge in [0.2, 0.25) is 5.91 Å². The monoisotopic (exact) mass is 344 g/mol. The van der Waals surface area contributed by atoms with Crippen LogP contribution in [0.15, 0.2) is 24.3 Å². The van der Waals surface area contributed by atoms with Crippen molar-refractivity contribution in [3.8, 4) is 0 Å². The van der Waals surface area contributed by atoms with Crippen LogP contribution < -0.4 is 10.2 Å². The zero-order valence-electron chi connectivity index (χ0n) is 14.5. The number of carbonyl (C=O) groups is 3. The van der Waals surface area contributed by atoms with Gasteiger partial charge in [0.05, 0.1) is 11.4 Å². The molecule has 1 heterocycles. The molecule has 1 aromatic rings. The Morgan fingerprint density at radius 1 is 1.24 bits per heavy atom. The van der Waals surface area contributed by atoms with Gasteiger partial charge in [-0.25, -0.2) is 0 Å². The largest absolute Gasteiger partial charge is 0.456 e.